The summed E-state index contributed by atoms with van der Waals surface area (Å²) in [5.74, 6) is 0. The number of hydrogen-bond donors (Lipinski definition) is 2. The molecule has 0 saturated heterocycles. The Labute approximate surface area is 316 Å². The van der Waals surface area contributed by atoms with Gasteiger partial charge in [0.15, 0.2) is 0 Å². The number of unbranched alkanes of at least 4 members (excludes halogenated alkanes) is 16. The van der Waals surface area contributed by atoms with Crippen molar-refractivity contribution < 1.29 is 10.8 Å². The lowest BCUT2D eigenvalue weighted by Crippen LogP contribution is -2.49. The quantitative estimate of drug-likeness (QED) is 0.105. The predicted molar refractivity (Wildman–Crippen MR) is 221 cm³/mol. The molecule has 6 heteroatoms. The molecule has 52 heavy (non-hydrogen) atoms. The summed E-state index contributed by atoms with van der Waals surface area (Å²) in [6.07, 6.45) is 38.4. The van der Waals surface area contributed by atoms with Crippen LogP contribution < -0.4 is 16.0 Å². The molecule has 4 aliphatic rings. The first-order valence-corrected chi connectivity index (χ1v) is 21.0. The lowest BCUT2D eigenvalue weighted by Gasteiger charge is -2.35. The van der Waals surface area contributed by atoms with Gasteiger partial charge in [-0.1, -0.05) is 117 Å². The fourth-order valence-corrected chi connectivity index (χ4v) is 7.54. The fraction of sp³-hybridized carbons (Fsp3) is 0.609. The van der Waals surface area contributed by atoms with Gasteiger partial charge >= 0.3 is 0 Å². The molecule has 4 atom stereocenters. The molecule has 0 fully saturated rings. The number of nitrogens with one attached hydrogen (secondary N) is 2. The molecule has 0 radical (unpaired) electrons. The smallest absolute Gasteiger partial charge is 0.0878 e. The van der Waals surface area contributed by atoms with Gasteiger partial charge < -0.3 is 19.8 Å². The number of nitrogens with zero attached hydrogens (tertiary/aromatic N) is 2. The zero-order valence-electron chi connectivity index (χ0n) is 33.9. The Bertz CT molecular complexity index is 1660. The minimum absolute atomic E-state index is 0.235. The summed E-state index contributed by atoms with van der Waals surface area (Å²) in [5, 5.41) is 5.84. The van der Waals surface area contributed by atoms with Gasteiger partial charge in [-0.2, -0.15) is 0 Å². The lowest BCUT2D eigenvalue weighted by atomic mass is 9.86. The summed E-state index contributed by atoms with van der Waals surface area (Å²) in [4.78, 5) is 13.4. The van der Waals surface area contributed by atoms with Crippen LogP contribution >= 0.6 is 0 Å². The van der Waals surface area contributed by atoms with Crippen LogP contribution in [0, 0.1) is 0 Å². The molecule has 0 spiro atoms. The van der Waals surface area contributed by atoms with E-state index >= 15 is 0 Å². The summed E-state index contributed by atoms with van der Waals surface area (Å²) >= 11 is 0. The largest absolute Gasteiger partial charge is 0.376 e. The van der Waals surface area contributed by atoms with Crippen molar-refractivity contribution in [2.75, 3.05) is 13.2 Å². The van der Waals surface area contributed by atoms with Gasteiger partial charge in [0.25, 0.3) is 0 Å². The molecule has 2 N–H and O–H groups in total. The van der Waals surface area contributed by atoms with Gasteiger partial charge in [0, 0.05) is 37.4 Å². The maximum Gasteiger partial charge on any atom is 0.0878 e. The lowest BCUT2D eigenvalue weighted by molar-refractivity contribution is 0.0163. The molecule has 8 bridgehead atoms. The predicted octanol–water partition coefficient (Wildman–Crippen LogP) is 10.2. The van der Waals surface area contributed by atoms with Crippen LogP contribution in [0.1, 0.15) is 151 Å². The van der Waals surface area contributed by atoms with E-state index in [1.54, 1.807) is 0 Å². The number of aliphatic imine (C=N–C) groups is 2. The van der Waals surface area contributed by atoms with E-state index in [2.05, 4.69) is 86.6 Å². The van der Waals surface area contributed by atoms with E-state index in [4.69, 9.17) is 19.5 Å². The molecule has 5 heterocycles. The highest BCUT2D eigenvalue weighted by molar-refractivity contribution is 6.20. The van der Waals surface area contributed by atoms with Crippen LogP contribution in [0.25, 0.3) is 12.2 Å². The second kappa shape index (κ2) is 21.5. The number of aromatic nitrogens is 1. The maximum absolute atomic E-state index is 9.97. The van der Waals surface area contributed by atoms with Crippen LogP contribution in [0.2, 0.25) is 0 Å². The second-order valence-corrected chi connectivity index (χ2v) is 15.3. The van der Waals surface area contributed by atoms with Gasteiger partial charge in [0.1, 0.15) is 0 Å². The van der Waals surface area contributed by atoms with Crippen molar-refractivity contribution in [2.45, 2.75) is 167 Å². The number of hydrogen-bond acceptors (Lipinski definition) is 5. The zero-order valence-corrected chi connectivity index (χ0v) is 32.9. The van der Waals surface area contributed by atoms with E-state index in [-0.39, 0.29) is 12.2 Å². The summed E-state index contributed by atoms with van der Waals surface area (Å²) in [7, 11) is 0. The number of fused-ring (bicyclic) bond motifs is 6. The highest BCUT2D eigenvalue weighted by Gasteiger charge is 2.43. The minimum atomic E-state index is -0.841. The first-order valence-electron chi connectivity index (χ1n) is 21.5. The van der Waals surface area contributed by atoms with E-state index in [1.807, 2.05) is 12.2 Å². The van der Waals surface area contributed by atoms with E-state index in [9.17, 15) is 1.37 Å². The minimum Gasteiger partial charge on any atom is -0.376 e. The number of ether oxygens (including phenoxy) is 2. The molecule has 5 rings (SSSR count). The van der Waals surface area contributed by atoms with Crippen molar-refractivity contribution in [3.8, 4) is 0 Å². The Morgan fingerprint density at radius 1 is 0.654 bits per heavy atom. The summed E-state index contributed by atoms with van der Waals surface area (Å²) in [5.41, 5.74) is 4.46. The third kappa shape index (κ3) is 12.4. The number of rotatable bonds is 24. The van der Waals surface area contributed by atoms with E-state index in [0.717, 1.165) is 57.6 Å². The third-order valence-corrected chi connectivity index (χ3v) is 10.8. The second-order valence-electron chi connectivity index (χ2n) is 15.3. The molecule has 0 amide bonds. The molecular weight excluding hydrogens is 641 g/mol. The molecule has 284 valence electrons. The zero-order chi connectivity index (χ0) is 37.3. The van der Waals surface area contributed by atoms with Gasteiger partial charge in [-0.3, -0.25) is 0 Å². The molecule has 0 aliphatic carbocycles. The number of H-pyrrole nitrogens is 1. The Balaban J connectivity index is 1.33. The van der Waals surface area contributed by atoms with E-state index in [0.29, 0.717) is 13.2 Å². The molecule has 0 saturated carbocycles. The highest BCUT2D eigenvalue weighted by Crippen LogP contribution is 2.38. The van der Waals surface area contributed by atoms with Crippen molar-refractivity contribution >= 4 is 23.6 Å². The maximum atomic E-state index is 9.97. The number of allylic oxidation sites excluding steroid dienone is 5. The van der Waals surface area contributed by atoms with Gasteiger partial charge in [0.05, 0.1) is 40.6 Å². The standard InChI is InChI=1S/C46H68N4O2/c1-5-7-9-11-13-15-17-19-21-29-51-36(3)44-35-46(37(4)52-30-22-20-18-16-14-12-10-8-6-2)34-43-28-27-41(49-43)32-39-24-23-38(47-39)31-40-25-26-42(48-40)33-45(44)50-46/h23-28,31-34,36-37,47,50H,5-22,29-30,35H2,1-4H3/b38-31-,39-32-,42-33-,43-34-/i35D. The average molecular weight is 710 g/mol. The molecule has 6 nitrogen and oxygen atoms in total. The Morgan fingerprint density at radius 2 is 1.15 bits per heavy atom. The monoisotopic (exact) mass is 710 g/mol. The van der Waals surface area contributed by atoms with Crippen molar-refractivity contribution in [1.29, 1.82) is 0 Å². The Morgan fingerprint density at radius 3 is 1.73 bits per heavy atom. The summed E-state index contributed by atoms with van der Waals surface area (Å²) in [6, 6.07) is 4.14. The Hall–Kier alpha value is -3.22. The molecular formula is C46H68N4O2. The Kier molecular flexibility index (Phi) is 15.9. The van der Waals surface area contributed by atoms with Crippen LogP contribution in [0.4, 0.5) is 0 Å². The normalized spacial score (nSPS) is 25.2. The molecule has 4 unspecified atom stereocenters. The van der Waals surface area contributed by atoms with Crippen LogP contribution in [0.5, 0.6) is 0 Å². The first-order chi connectivity index (χ1) is 25.9. The van der Waals surface area contributed by atoms with Gasteiger partial charge in [-0.25, -0.2) is 9.98 Å². The van der Waals surface area contributed by atoms with Crippen LogP contribution in [-0.2, 0) is 9.47 Å². The van der Waals surface area contributed by atoms with Gasteiger partial charge in [-0.05, 0) is 93.0 Å². The molecule has 0 aromatic carbocycles. The molecule has 1 aromatic heterocycles. The van der Waals surface area contributed by atoms with Gasteiger partial charge in [0.2, 0.25) is 0 Å². The van der Waals surface area contributed by atoms with Crippen LogP contribution in [0.15, 0.2) is 81.2 Å². The number of aromatic amines is 1. The molecule has 1 aromatic rings. The van der Waals surface area contributed by atoms with Crippen molar-refractivity contribution in [1.82, 2.24) is 10.3 Å². The highest BCUT2D eigenvalue weighted by atomic mass is 16.5. The first kappa shape index (κ1) is 38.5. The van der Waals surface area contributed by atoms with Crippen molar-refractivity contribution in [3.63, 3.8) is 0 Å². The van der Waals surface area contributed by atoms with Crippen molar-refractivity contribution in [2.24, 2.45) is 9.98 Å². The third-order valence-electron chi connectivity index (χ3n) is 10.8. The van der Waals surface area contributed by atoms with Crippen LogP contribution in [-0.4, -0.2) is 47.4 Å². The summed E-state index contributed by atoms with van der Waals surface area (Å²) in [6.45, 7) is 10.1. The van der Waals surface area contributed by atoms with Crippen molar-refractivity contribution in [3.05, 3.63) is 82.0 Å². The van der Waals surface area contributed by atoms with E-state index < -0.39 is 11.9 Å². The molecule has 4 aliphatic heterocycles. The fourth-order valence-electron chi connectivity index (χ4n) is 7.54. The van der Waals surface area contributed by atoms with Crippen LogP contribution in [0.3, 0.4) is 0 Å². The summed E-state index contributed by atoms with van der Waals surface area (Å²) < 4.78 is 23.2. The van der Waals surface area contributed by atoms with E-state index in [1.165, 1.54) is 103 Å². The van der Waals surface area contributed by atoms with Gasteiger partial charge in [-0.15, -0.1) is 0 Å². The SMILES string of the molecule is [2H]C1C(C(C)OCCCCCCCCCCC)=C2/C=C3/C=CC(=N3)/C=c3/cc/c([nH]3)=C/C3=NC(=C\C1(C(C)OCCCCCCCCCCC)N2)/C=C3. The topological polar surface area (TPSA) is 71.0 Å². The average Bonchev–Trinajstić information content (AvgIpc) is 3.95.